The molecule has 0 saturated carbocycles. The second kappa shape index (κ2) is 10.7. The van der Waals surface area contributed by atoms with E-state index in [0.29, 0.717) is 6.61 Å². The fraction of sp³-hybridized carbons (Fsp3) is 0.435. The number of unbranched alkanes of at least 4 members (excludes halogenated alkanes) is 2. The van der Waals surface area contributed by atoms with Gasteiger partial charge in [-0.2, -0.15) is 0 Å². The zero-order chi connectivity index (χ0) is 19.6. The molecule has 1 fully saturated rings. The minimum atomic E-state index is -0.0221. The molecule has 150 valence electrons. The van der Waals surface area contributed by atoms with Crippen molar-refractivity contribution in [2.24, 2.45) is 0 Å². The van der Waals surface area contributed by atoms with Crippen molar-refractivity contribution in [1.29, 1.82) is 0 Å². The number of nitrogens with one attached hydrogen (secondary N) is 1. The summed E-state index contributed by atoms with van der Waals surface area (Å²) < 4.78 is 5.79. The number of carbonyl (C=O) groups excluding carboxylic acids is 1. The van der Waals surface area contributed by atoms with Crippen LogP contribution >= 0.6 is 0 Å². The summed E-state index contributed by atoms with van der Waals surface area (Å²) in [6, 6.07) is 17.6. The number of anilines is 1. The van der Waals surface area contributed by atoms with Crippen LogP contribution < -0.4 is 10.1 Å². The third kappa shape index (κ3) is 6.27. The van der Waals surface area contributed by atoms with E-state index in [2.05, 4.69) is 17.1 Å². The van der Waals surface area contributed by atoms with E-state index in [9.17, 15) is 4.79 Å². The van der Waals surface area contributed by atoms with E-state index >= 15 is 0 Å². The number of nitrogens with zero attached hydrogens (tertiary/aromatic N) is 2. The highest BCUT2D eigenvalue weighted by molar-refractivity contribution is 5.89. The van der Waals surface area contributed by atoms with E-state index in [1.807, 2.05) is 59.5 Å². The third-order valence-corrected chi connectivity index (χ3v) is 5.09. The van der Waals surface area contributed by atoms with Gasteiger partial charge in [0.15, 0.2) is 0 Å². The van der Waals surface area contributed by atoms with Gasteiger partial charge in [-0.3, -0.25) is 4.90 Å². The Bertz CT molecular complexity index is 710. The molecule has 1 aliphatic heterocycles. The summed E-state index contributed by atoms with van der Waals surface area (Å²) in [5.74, 6) is 0.794. The van der Waals surface area contributed by atoms with Gasteiger partial charge in [-0.15, -0.1) is 0 Å². The van der Waals surface area contributed by atoms with Crippen molar-refractivity contribution >= 4 is 11.7 Å². The average Bonchev–Trinajstić information content (AvgIpc) is 2.75. The predicted octanol–water partition coefficient (Wildman–Crippen LogP) is 4.61. The molecule has 1 N–H and O–H groups in total. The van der Waals surface area contributed by atoms with E-state index in [4.69, 9.17) is 4.74 Å². The van der Waals surface area contributed by atoms with Crippen LogP contribution in [0.5, 0.6) is 5.75 Å². The Kier molecular flexibility index (Phi) is 7.73. The Hall–Kier alpha value is -2.53. The molecule has 1 aliphatic rings. The normalized spacial score (nSPS) is 14.7. The van der Waals surface area contributed by atoms with Crippen LogP contribution in [0.15, 0.2) is 54.6 Å². The molecule has 2 aromatic carbocycles. The first-order chi connectivity index (χ1) is 13.7. The highest BCUT2D eigenvalue weighted by atomic mass is 16.5. The van der Waals surface area contributed by atoms with Crippen LogP contribution in [0.3, 0.4) is 0 Å². The monoisotopic (exact) mass is 381 g/mol. The zero-order valence-corrected chi connectivity index (χ0v) is 16.8. The molecule has 0 atom stereocenters. The lowest BCUT2D eigenvalue weighted by molar-refractivity contribution is 0.146. The smallest absolute Gasteiger partial charge is 0.321 e. The first-order valence-electron chi connectivity index (χ1n) is 10.3. The summed E-state index contributed by atoms with van der Waals surface area (Å²) >= 11 is 0. The van der Waals surface area contributed by atoms with Gasteiger partial charge in [0.2, 0.25) is 0 Å². The van der Waals surface area contributed by atoms with E-state index in [0.717, 1.165) is 49.7 Å². The predicted molar refractivity (Wildman–Crippen MR) is 114 cm³/mol. The van der Waals surface area contributed by atoms with E-state index < -0.39 is 0 Å². The lowest BCUT2D eigenvalue weighted by Crippen LogP contribution is -2.50. The Labute approximate surface area is 168 Å². The largest absolute Gasteiger partial charge is 0.489 e. The van der Waals surface area contributed by atoms with Crippen LogP contribution in [-0.4, -0.2) is 48.6 Å². The highest BCUT2D eigenvalue weighted by Crippen LogP contribution is 2.18. The van der Waals surface area contributed by atoms with Gasteiger partial charge in [-0.1, -0.05) is 50.1 Å². The number of hydrogen-bond acceptors (Lipinski definition) is 3. The summed E-state index contributed by atoms with van der Waals surface area (Å²) in [5.41, 5.74) is 1.93. The number of amides is 2. The Morgan fingerprint density at radius 2 is 1.68 bits per heavy atom. The molecule has 0 unspecified atom stereocenters. The molecule has 3 rings (SSSR count). The van der Waals surface area contributed by atoms with Crippen molar-refractivity contribution in [3.05, 3.63) is 60.2 Å². The fourth-order valence-electron chi connectivity index (χ4n) is 3.34. The molecular weight excluding hydrogens is 350 g/mol. The number of hydrogen-bond donors (Lipinski definition) is 1. The van der Waals surface area contributed by atoms with Gasteiger partial charge in [-0.25, -0.2) is 4.79 Å². The second-order valence-corrected chi connectivity index (χ2v) is 7.26. The molecule has 0 aromatic heterocycles. The number of carbonyl (C=O) groups is 1. The SMILES string of the molecule is CCCCCN1CCN(C(=O)Nc2ccc(OCc3ccccc3)cc2)CC1. The summed E-state index contributed by atoms with van der Waals surface area (Å²) in [6.45, 7) is 7.41. The van der Waals surface area contributed by atoms with Gasteiger partial charge in [0.1, 0.15) is 12.4 Å². The van der Waals surface area contributed by atoms with Crippen molar-refractivity contribution in [2.45, 2.75) is 32.8 Å². The molecule has 2 aromatic rings. The fourth-order valence-corrected chi connectivity index (χ4v) is 3.34. The maximum Gasteiger partial charge on any atom is 0.321 e. The van der Waals surface area contributed by atoms with E-state index in [-0.39, 0.29) is 6.03 Å². The van der Waals surface area contributed by atoms with Gasteiger partial charge in [-0.05, 0) is 42.8 Å². The first kappa shape index (κ1) is 20.2. The van der Waals surface area contributed by atoms with Crippen molar-refractivity contribution in [3.8, 4) is 5.75 Å². The summed E-state index contributed by atoms with van der Waals surface area (Å²) in [6.07, 6.45) is 3.78. The molecule has 0 bridgehead atoms. The number of rotatable bonds is 8. The van der Waals surface area contributed by atoms with Crippen molar-refractivity contribution in [2.75, 3.05) is 38.0 Å². The molecule has 0 spiro atoms. The molecule has 5 nitrogen and oxygen atoms in total. The summed E-state index contributed by atoms with van der Waals surface area (Å²) in [7, 11) is 0. The zero-order valence-electron chi connectivity index (χ0n) is 16.8. The van der Waals surface area contributed by atoms with Gasteiger partial charge in [0.25, 0.3) is 0 Å². The van der Waals surface area contributed by atoms with Crippen molar-refractivity contribution in [3.63, 3.8) is 0 Å². The highest BCUT2D eigenvalue weighted by Gasteiger charge is 2.20. The van der Waals surface area contributed by atoms with E-state index in [1.54, 1.807) is 0 Å². The van der Waals surface area contributed by atoms with Crippen LogP contribution in [0.4, 0.5) is 10.5 Å². The van der Waals surface area contributed by atoms with Crippen LogP contribution in [0, 0.1) is 0 Å². The summed E-state index contributed by atoms with van der Waals surface area (Å²) in [5, 5.41) is 2.99. The van der Waals surface area contributed by atoms with E-state index in [1.165, 1.54) is 19.3 Å². The van der Waals surface area contributed by atoms with Crippen LogP contribution in [0.25, 0.3) is 0 Å². The molecule has 28 heavy (non-hydrogen) atoms. The molecule has 0 aliphatic carbocycles. The lowest BCUT2D eigenvalue weighted by Gasteiger charge is -2.34. The number of ether oxygens (including phenoxy) is 1. The second-order valence-electron chi connectivity index (χ2n) is 7.26. The Morgan fingerprint density at radius 3 is 2.36 bits per heavy atom. The molecule has 1 heterocycles. The topological polar surface area (TPSA) is 44.8 Å². The first-order valence-corrected chi connectivity index (χ1v) is 10.3. The number of urea groups is 1. The average molecular weight is 382 g/mol. The van der Waals surface area contributed by atoms with Gasteiger partial charge in [0, 0.05) is 31.9 Å². The summed E-state index contributed by atoms with van der Waals surface area (Å²) in [4.78, 5) is 16.9. The van der Waals surface area contributed by atoms with Crippen LogP contribution in [-0.2, 0) is 6.61 Å². The standard InChI is InChI=1S/C23H31N3O2/c1-2-3-7-14-25-15-17-26(18-16-25)23(27)24-21-10-12-22(13-11-21)28-19-20-8-5-4-6-9-20/h4-6,8-13H,2-3,7,14-19H2,1H3,(H,24,27). The minimum absolute atomic E-state index is 0.0221. The quantitative estimate of drug-likeness (QED) is 0.680. The maximum atomic E-state index is 12.5. The number of piperazine rings is 1. The lowest BCUT2D eigenvalue weighted by atomic mass is 10.2. The van der Waals surface area contributed by atoms with Crippen LogP contribution in [0.1, 0.15) is 31.7 Å². The minimum Gasteiger partial charge on any atom is -0.489 e. The molecule has 5 heteroatoms. The van der Waals surface area contributed by atoms with Crippen molar-refractivity contribution < 1.29 is 9.53 Å². The molecular formula is C23H31N3O2. The molecule has 1 saturated heterocycles. The maximum absolute atomic E-state index is 12.5. The van der Waals surface area contributed by atoms with Gasteiger partial charge in [0.05, 0.1) is 0 Å². The number of benzene rings is 2. The Morgan fingerprint density at radius 1 is 0.964 bits per heavy atom. The third-order valence-electron chi connectivity index (χ3n) is 5.09. The van der Waals surface area contributed by atoms with Crippen LogP contribution in [0.2, 0.25) is 0 Å². The molecule has 2 amide bonds. The Balaban J connectivity index is 1.41. The van der Waals surface area contributed by atoms with Gasteiger partial charge >= 0.3 is 6.03 Å². The molecule has 0 radical (unpaired) electrons. The van der Waals surface area contributed by atoms with Gasteiger partial charge < -0.3 is 15.0 Å². The van der Waals surface area contributed by atoms with Crippen molar-refractivity contribution in [1.82, 2.24) is 9.80 Å².